The standard InChI is InChI=1S/C23H28ClN3S2/c1-4-7-8-12-25-19-15-21-22(23-17(19)11-13-28-23)26-18-10-9-16(27(5-2)6-3)14-20(18)29(21)24/h9-11,13-15,25H,4-8,12H2,1-3H3. The lowest BCUT2D eigenvalue weighted by atomic mass is 10.2. The quantitative estimate of drug-likeness (QED) is 0.290. The van der Waals surface area contributed by atoms with E-state index in [0.29, 0.717) is 0 Å². The summed E-state index contributed by atoms with van der Waals surface area (Å²) in [5, 5.41) is 8.12. The number of benzene rings is 2. The lowest BCUT2D eigenvalue weighted by Crippen LogP contribution is -2.21. The number of hydrogen-bond acceptors (Lipinski definition) is 4. The van der Waals surface area contributed by atoms with Crippen LogP contribution in [0.5, 0.6) is 0 Å². The zero-order valence-electron chi connectivity index (χ0n) is 17.3. The van der Waals surface area contributed by atoms with Gasteiger partial charge in [-0.2, -0.15) is 0 Å². The third kappa shape index (κ3) is 3.92. The van der Waals surface area contributed by atoms with E-state index in [0.717, 1.165) is 40.1 Å². The normalized spacial score (nSPS) is 15.0. The summed E-state index contributed by atoms with van der Waals surface area (Å²) in [6.07, 6.45) is 3.67. The van der Waals surface area contributed by atoms with Crippen LogP contribution in [0.1, 0.15) is 40.0 Å². The molecule has 0 aliphatic carbocycles. The lowest BCUT2D eigenvalue weighted by molar-refractivity contribution is 0.744. The minimum absolute atomic E-state index is 0.512. The highest BCUT2D eigenvalue weighted by atomic mass is 35.7. The maximum Gasteiger partial charge on any atom is 0.0959 e. The van der Waals surface area contributed by atoms with Crippen LogP contribution in [0.15, 0.2) is 45.6 Å². The second-order valence-corrected chi connectivity index (χ2v) is 10.5. The topological polar surface area (TPSA) is 27.6 Å². The first-order chi connectivity index (χ1) is 14.2. The van der Waals surface area contributed by atoms with Gasteiger partial charge >= 0.3 is 0 Å². The Hall–Kier alpha value is -1.56. The number of nitrogens with one attached hydrogen (secondary N) is 1. The molecule has 1 unspecified atom stereocenters. The molecule has 0 saturated heterocycles. The van der Waals surface area contributed by atoms with Crippen molar-refractivity contribution in [2.24, 2.45) is 4.99 Å². The SMILES string of the molecule is CCCCCNc1cc2c(c3sccc13)=Nc1ccc(N(CC)CC)cc1S=2Cl. The van der Waals surface area contributed by atoms with E-state index in [1.807, 2.05) is 0 Å². The van der Waals surface area contributed by atoms with Gasteiger partial charge < -0.3 is 10.2 Å². The van der Waals surface area contributed by atoms with Crippen LogP contribution in [-0.2, 0) is 0 Å². The van der Waals surface area contributed by atoms with Gasteiger partial charge in [-0.1, -0.05) is 29.5 Å². The first kappa shape index (κ1) is 20.7. The molecule has 1 N–H and O–H groups in total. The van der Waals surface area contributed by atoms with E-state index in [9.17, 15) is 0 Å². The van der Waals surface area contributed by atoms with Gasteiger partial charge in [-0.05, 0) is 66.7 Å². The Bertz CT molecular complexity index is 1150. The number of halogens is 1. The van der Waals surface area contributed by atoms with Crippen LogP contribution in [0.4, 0.5) is 17.1 Å². The first-order valence-electron chi connectivity index (χ1n) is 10.5. The molecule has 6 heteroatoms. The van der Waals surface area contributed by atoms with Crippen molar-refractivity contribution < 1.29 is 0 Å². The van der Waals surface area contributed by atoms with Gasteiger partial charge in [-0.25, -0.2) is 4.99 Å². The minimum Gasteiger partial charge on any atom is -0.384 e. The Labute approximate surface area is 183 Å². The van der Waals surface area contributed by atoms with Gasteiger partial charge in [0.15, 0.2) is 0 Å². The molecule has 2 heterocycles. The number of thiophene rings is 1. The molecule has 0 bridgehead atoms. The number of anilines is 2. The highest BCUT2D eigenvalue weighted by Gasteiger charge is 2.17. The summed E-state index contributed by atoms with van der Waals surface area (Å²) in [6, 6.07) is 11.0. The molecule has 4 rings (SSSR count). The van der Waals surface area contributed by atoms with Gasteiger partial charge in [0.1, 0.15) is 0 Å². The van der Waals surface area contributed by atoms with E-state index in [1.54, 1.807) is 11.3 Å². The van der Waals surface area contributed by atoms with Gasteiger partial charge in [0.2, 0.25) is 0 Å². The van der Waals surface area contributed by atoms with Crippen LogP contribution < -0.4 is 15.6 Å². The van der Waals surface area contributed by atoms with Crippen molar-refractivity contribution in [3.8, 4) is 0 Å². The number of nitrogens with zero attached hydrogens (tertiary/aromatic N) is 2. The first-order valence-corrected chi connectivity index (χ1v) is 13.4. The van der Waals surface area contributed by atoms with Gasteiger partial charge in [-0.15, -0.1) is 11.3 Å². The second kappa shape index (κ2) is 9.07. The maximum atomic E-state index is 7.09. The number of rotatable bonds is 8. The monoisotopic (exact) mass is 445 g/mol. The second-order valence-electron chi connectivity index (χ2n) is 7.26. The van der Waals surface area contributed by atoms with Gasteiger partial charge in [0.25, 0.3) is 0 Å². The molecule has 1 aliphatic rings. The van der Waals surface area contributed by atoms with Crippen LogP contribution >= 0.6 is 31.7 Å². The summed E-state index contributed by atoms with van der Waals surface area (Å²) in [7, 11) is 6.58. The number of hydrogen-bond donors (Lipinski definition) is 1. The predicted octanol–water partition coefficient (Wildman–Crippen LogP) is 7.35. The van der Waals surface area contributed by atoms with E-state index in [2.05, 4.69) is 66.7 Å². The fraction of sp³-hybridized carbons (Fsp3) is 0.391. The van der Waals surface area contributed by atoms with Crippen LogP contribution in [0.2, 0.25) is 0 Å². The minimum atomic E-state index is -0.512. The molecule has 0 amide bonds. The summed E-state index contributed by atoms with van der Waals surface area (Å²) in [4.78, 5) is 8.54. The highest BCUT2D eigenvalue weighted by molar-refractivity contribution is 8.29. The Balaban J connectivity index is 1.84. The van der Waals surface area contributed by atoms with E-state index >= 15 is 0 Å². The van der Waals surface area contributed by atoms with Crippen molar-refractivity contribution in [1.82, 2.24) is 0 Å². The summed E-state index contributed by atoms with van der Waals surface area (Å²) >= 11 is 1.76. The molecular formula is C23H28ClN3S2. The Morgan fingerprint density at radius 2 is 1.93 bits per heavy atom. The average Bonchev–Trinajstić information content (AvgIpc) is 3.23. The summed E-state index contributed by atoms with van der Waals surface area (Å²) in [5.41, 5.74) is 3.42. The Morgan fingerprint density at radius 1 is 1.10 bits per heavy atom. The molecule has 0 radical (unpaired) electrons. The zero-order chi connectivity index (χ0) is 20.4. The van der Waals surface area contributed by atoms with Crippen molar-refractivity contribution in [1.29, 1.82) is 0 Å². The molecule has 1 aliphatic heterocycles. The third-order valence-electron chi connectivity index (χ3n) is 5.47. The smallest absolute Gasteiger partial charge is 0.0959 e. The van der Waals surface area contributed by atoms with E-state index in [1.165, 1.54) is 40.7 Å². The van der Waals surface area contributed by atoms with Crippen LogP contribution in [0, 0.1) is 4.51 Å². The van der Waals surface area contributed by atoms with E-state index < -0.39 is 9.70 Å². The molecular weight excluding hydrogens is 418 g/mol. The number of fused-ring (bicyclic) bond motifs is 4. The van der Waals surface area contributed by atoms with Crippen molar-refractivity contribution in [3.05, 3.63) is 45.6 Å². The molecule has 0 fully saturated rings. The molecule has 0 saturated carbocycles. The van der Waals surface area contributed by atoms with Crippen molar-refractivity contribution >= 4 is 58.9 Å². The molecule has 154 valence electrons. The van der Waals surface area contributed by atoms with Crippen molar-refractivity contribution in [2.45, 2.75) is 44.9 Å². The summed E-state index contributed by atoms with van der Waals surface area (Å²) < 4.78 is 2.38. The average molecular weight is 446 g/mol. The largest absolute Gasteiger partial charge is 0.384 e. The zero-order valence-corrected chi connectivity index (χ0v) is 19.7. The Kier molecular flexibility index (Phi) is 6.47. The van der Waals surface area contributed by atoms with Gasteiger partial charge in [0.05, 0.1) is 15.7 Å². The Morgan fingerprint density at radius 3 is 2.69 bits per heavy atom. The molecule has 3 nitrogen and oxygen atoms in total. The third-order valence-corrected chi connectivity index (χ3v) is 8.79. The number of unbranched alkanes of at least 4 members (excludes halogenated alkanes) is 2. The van der Waals surface area contributed by atoms with Crippen LogP contribution in [0.3, 0.4) is 0 Å². The van der Waals surface area contributed by atoms with Crippen molar-refractivity contribution in [3.63, 3.8) is 0 Å². The van der Waals surface area contributed by atoms with Crippen molar-refractivity contribution in [2.75, 3.05) is 29.9 Å². The lowest BCUT2D eigenvalue weighted by Gasteiger charge is -2.23. The molecule has 1 atom stereocenters. The molecule has 29 heavy (non-hydrogen) atoms. The van der Waals surface area contributed by atoms with Crippen LogP contribution in [0.25, 0.3) is 10.1 Å². The maximum absolute atomic E-state index is 7.09. The van der Waals surface area contributed by atoms with Gasteiger partial charge in [0, 0.05) is 45.8 Å². The van der Waals surface area contributed by atoms with E-state index in [4.69, 9.17) is 15.7 Å². The molecule has 3 aromatic rings. The fourth-order valence-electron chi connectivity index (χ4n) is 3.84. The highest BCUT2D eigenvalue weighted by Crippen LogP contribution is 2.45. The summed E-state index contributed by atoms with van der Waals surface area (Å²) in [5.74, 6) is 0. The van der Waals surface area contributed by atoms with E-state index in [-0.39, 0.29) is 0 Å². The molecule has 0 spiro atoms. The fourth-order valence-corrected chi connectivity index (χ4v) is 6.84. The van der Waals surface area contributed by atoms with Crippen LogP contribution in [-0.4, -0.2) is 19.6 Å². The predicted molar refractivity (Wildman–Crippen MR) is 131 cm³/mol. The molecule has 2 aromatic carbocycles. The summed E-state index contributed by atoms with van der Waals surface area (Å²) in [6.45, 7) is 9.58. The van der Waals surface area contributed by atoms with Gasteiger partial charge in [-0.3, -0.25) is 0 Å². The molecule has 1 aromatic heterocycles.